The van der Waals surface area contributed by atoms with Crippen molar-refractivity contribution in [3.8, 4) is 0 Å². The molecule has 8 heteroatoms. The van der Waals surface area contributed by atoms with E-state index in [1.165, 1.54) is 12.1 Å². The highest BCUT2D eigenvalue weighted by molar-refractivity contribution is 6.31. The highest BCUT2D eigenvalue weighted by atomic mass is 35.5. The minimum atomic E-state index is -0.513. The number of benzene rings is 1. The second-order valence-corrected chi connectivity index (χ2v) is 4.75. The fourth-order valence-electron chi connectivity index (χ4n) is 2.11. The van der Waals surface area contributed by atoms with E-state index in [-0.39, 0.29) is 11.0 Å². The van der Waals surface area contributed by atoms with Gasteiger partial charge >= 0.3 is 0 Å². The summed E-state index contributed by atoms with van der Waals surface area (Å²) >= 11 is 5.82. The molecule has 0 saturated carbocycles. The normalized spacial score (nSPS) is 11.3. The first kappa shape index (κ1) is 12.9. The minimum Gasteiger partial charge on any atom is -0.369 e. The van der Waals surface area contributed by atoms with Crippen LogP contribution in [-0.4, -0.2) is 24.3 Å². The molecule has 2 heterocycles. The molecule has 3 aromatic rings. The predicted octanol–water partition coefficient (Wildman–Crippen LogP) is 2.07. The van der Waals surface area contributed by atoms with Gasteiger partial charge in [0.1, 0.15) is 12.1 Å². The molecule has 0 aliphatic rings. The van der Waals surface area contributed by atoms with Crippen molar-refractivity contribution in [3.63, 3.8) is 0 Å². The molecule has 104 valence electrons. The van der Waals surface area contributed by atoms with Gasteiger partial charge in [-0.1, -0.05) is 11.6 Å². The highest BCUT2D eigenvalue weighted by Gasteiger charge is 2.14. The summed E-state index contributed by atoms with van der Waals surface area (Å²) in [6, 6.07) is 2.79. The van der Waals surface area contributed by atoms with E-state index >= 15 is 0 Å². The molecule has 20 heavy (non-hydrogen) atoms. The number of nitrogens with two attached hydrogens (primary N) is 1. The number of hydrogen-bond donors (Lipinski definition) is 1. The van der Waals surface area contributed by atoms with Crippen LogP contribution in [0.4, 0.5) is 10.3 Å². The van der Waals surface area contributed by atoms with E-state index in [1.54, 1.807) is 10.9 Å². The Morgan fingerprint density at radius 3 is 2.95 bits per heavy atom. The van der Waals surface area contributed by atoms with Crippen molar-refractivity contribution in [2.24, 2.45) is 0 Å². The molecule has 0 radical (unpaired) electrons. The lowest BCUT2D eigenvalue weighted by Gasteiger charge is -2.07. The third-order valence-electron chi connectivity index (χ3n) is 3.16. The molecule has 0 atom stereocenters. The van der Waals surface area contributed by atoms with Gasteiger partial charge in [-0.15, -0.1) is 10.2 Å². The molecule has 0 unspecified atom stereocenters. The average Bonchev–Trinajstić information content (AvgIpc) is 2.97. The Hall–Kier alpha value is -2.15. The number of hydrogen-bond acceptors (Lipinski definition) is 4. The van der Waals surface area contributed by atoms with Gasteiger partial charge in [0.15, 0.2) is 5.82 Å². The monoisotopic (exact) mass is 294 g/mol. The zero-order valence-corrected chi connectivity index (χ0v) is 11.5. The Bertz CT molecular complexity index is 778. The molecular formula is C12H12ClFN6. The molecule has 0 fully saturated rings. The van der Waals surface area contributed by atoms with Crippen molar-refractivity contribution in [1.29, 1.82) is 0 Å². The standard InChI is InChI=1S/C12H12ClFN6/c1-2-19-6-16-18-11(19)5-20-10-3-7(13)8(14)4-9(10)17-12(20)15/h3-4,6H,2,5H2,1H3,(H2,15,17). The molecule has 2 N–H and O–H groups in total. The summed E-state index contributed by atoms with van der Waals surface area (Å²) in [4.78, 5) is 4.14. The van der Waals surface area contributed by atoms with Crippen molar-refractivity contribution in [2.75, 3.05) is 5.73 Å². The first-order valence-electron chi connectivity index (χ1n) is 6.07. The maximum Gasteiger partial charge on any atom is 0.201 e. The SMILES string of the molecule is CCn1cnnc1Cn1c(N)nc2cc(F)c(Cl)cc21. The second-order valence-electron chi connectivity index (χ2n) is 4.34. The van der Waals surface area contributed by atoms with Gasteiger partial charge in [-0.3, -0.25) is 0 Å². The van der Waals surface area contributed by atoms with Gasteiger partial charge < -0.3 is 14.9 Å². The zero-order valence-electron chi connectivity index (χ0n) is 10.7. The molecule has 0 spiro atoms. The third-order valence-corrected chi connectivity index (χ3v) is 3.45. The lowest BCUT2D eigenvalue weighted by atomic mass is 10.3. The predicted molar refractivity (Wildman–Crippen MR) is 73.9 cm³/mol. The number of aromatic nitrogens is 5. The van der Waals surface area contributed by atoms with Crippen LogP contribution in [0.2, 0.25) is 5.02 Å². The molecule has 0 amide bonds. The van der Waals surface area contributed by atoms with Crippen LogP contribution in [-0.2, 0) is 13.1 Å². The van der Waals surface area contributed by atoms with E-state index in [0.717, 1.165) is 12.4 Å². The Morgan fingerprint density at radius 1 is 1.40 bits per heavy atom. The lowest BCUT2D eigenvalue weighted by Crippen LogP contribution is -2.10. The van der Waals surface area contributed by atoms with E-state index < -0.39 is 5.82 Å². The molecule has 2 aromatic heterocycles. The van der Waals surface area contributed by atoms with E-state index in [2.05, 4.69) is 15.2 Å². The first-order chi connectivity index (χ1) is 9.60. The van der Waals surface area contributed by atoms with E-state index in [9.17, 15) is 4.39 Å². The Balaban J connectivity index is 2.11. The summed E-state index contributed by atoms with van der Waals surface area (Å²) in [5.41, 5.74) is 7.02. The van der Waals surface area contributed by atoms with Crippen LogP contribution >= 0.6 is 11.6 Å². The summed E-state index contributed by atoms with van der Waals surface area (Å²) in [5.74, 6) is 0.520. The molecule has 0 aliphatic carbocycles. The molecular weight excluding hydrogens is 283 g/mol. The Morgan fingerprint density at radius 2 is 2.20 bits per heavy atom. The van der Waals surface area contributed by atoms with Crippen molar-refractivity contribution in [2.45, 2.75) is 20.0 Å². The summed E-state index contributed by atoms with van der Waals surface area (Å²) in [5, 5.41) is 7.96. The van der Waals surface area contributed by atoms with Crippen LogP contribution < -0.4 is 5.73 Å². The van der Waals surface area contributed by atoms with Crippen molar-refractivity contribution in [1.82, 2.24) is 24.3 Å². The second kappa shape index (κ2) is 4.75. The molecule has 0 bridgehead atoms. The van der Waals surface area contributed by atoms with Crippen LogP contribution in [0.25, 0.3) is 11.0 Å². The fourth-order valence-corrected chi connectivity index (χ4v) is 2.27. The Labute approximate surface area is 119 Å². The first-order valence-corrected chi connectivity index (χ1v) is 6.45. The van der Waals surface area contributed by atoms with Crippen molar-refractivity contribution < 1.29 is 4.39 Å². The summed E-state index contributed by atoms with van der Waals surface area (Å²) in [6.45, 7) is 3.15. The number of imidazole rings is 1. The number of nitrogen functional groups attached to an aromatic ring is 1. The van der Waals surface area contributed by atoms with Crippen LogP contribution in [0.3, 0.4) is 0 Å². The van der Waals surface area contributed by atoms with Gasteiger partial charge in [-0.2, -0.15) is 0 Å². The van der Waals surface area contributed by atoms with Crippen molar-refractivity contribution in [3.05, 3.63) is 35.1 Å². The fraction of sp³-hybridized carbons (Fsp3) is 0.250. The number of anilines is 1. The lowest BCUT2D eigenvalue weighted by molar-refractivity contribution is 0.629. The number of nitrogens with zero attached hydrogens (tertiary/aromatic N) is 5. The van der Waals surface area contributed by atoms with Crippen molar-refractivity contribution >= 4 is 28.6 Å². The van der Waals surface area contributed by atoms with Gasteiger partial charge in [-0.25, -0.2) is 9.37 Å². The van der Waals surface area contributed by atoms with Crippen LogP contribution in [0.5, 0.6) is 0 Å². The van der Waals surface area contributed by atoms with Gasteiger partial charge in [0.2, 0.25) is 5.95 Å². The minimum absolute atomic E-state index is 0.0376. The Kier molecular flexibility index (Phi) is 3.06. The molecule has 3 rings (SSSR count). The zero-order chi connectivity index (χ0) is 14.3. The summed E-state index contributed by atoms with van der Waals surface area (Å²) in [7, 11) is 0. The molecule has 0 aliphatic heterocycles. The smallest absolute Gasteiger partial charge is 0.201 e. The van der Waals surface area contributed by atoms with Gasteiger partial charge in [0.05, 0.1) is 22.6 Å². The van der Waals surface area contributed by atoms with Crippen LogP contribution in [0.15, 0.2) is 18.5 Å². The average molecular weight is 295 g/mol. The molecule has 1 aromatic carbocycles. The van der Waals surface area contributed by atoms with Gasteiger partial charge in [-0.05, 0) is 13.0 Å². The van der Waals surface area contributed by atoms with E-state index in [1.807, 2.05) is 11.5 Å². The summed E-state index contributed by atoms with van der Waals surface area (Å²) in [6.07, 6.45) is 1.65. The number of rotatable bonds is 3. The summed E-state index contributed by atoms with van der Waals surface area (Å²) < 4.78 is 17.1. The number of fused-ring (bicyclic) bond motifs is 1. The largest absolute Gasteiger partial charge is 0.369 e. The van der Waals surface area contributed by atoms with Gasteiger partial charge in [0.25, 0.3) is 0 Å². The highest BCUT2D eigenvalue weighted by Crippen LogP contribution is 2.25. The van der Waals surface area contributed by atoms with Crippen LogP contribution in [0.1, 0.15) is 12.7 Å². The quantitative estimate of drug-likeness (QED) is 0.802. The maximum absolute atomic E-state index is 13.4. The van der Waals surface area contributed by atoms with Gasteiger partial charge in [0, 0.05) is 12.6 Å². The molecule has 6 nitrogen and oxygen atoms in total. The maximum atomic E-state index is 13.4. The van der Waals surface area contributed by atoms with E-state index in [0.29, 0.717) is 17.6 Å². The number of aryl methyl sites for hydroxylation is 1. The third kappa shape index (κ3) is 2.00. The topological polar surface area (TPSA) is 74.5 Å². The van der Waals surface area contributed by atoms with E-state index in [4.69, 9.17) is 17.3 Å². The van der Waals surface area contributed by atoms with Crippen LogP contribution in [0, 0.1) is 5.82 Å². The number of halogens is 2. The molecule has 0 saturated heterocycles.